The smallest absolute Gasteiger partial charge is 0.130 e. The van der Waals surface area contributed by atoms with Crippen molar-refractivity contribution in [3.63, 3.8) is 0 Å². The first-order valence-electron chi connectivity index (χ1n) is 15.1. The Labute approximate surface area is 264 Å². The van der Waals surface area contributed by atoms with Crippen LogP contribution in [-0.2, 0) is 29.1 Å². The lowest BCUT2D eigenvalue weighted by atomic mass is 9.89. The highest BCUT2D eigenvalue weighted by atomic mass is 35.5. The molecule has 0 saturated carbocycles. The largest absolute Gasteiger partial charge is 0.494 e. The third-order valence-corrected chi connectivity index (χ3v) is 10.5. The summed E-state index contributed by atoms with van der Waals surface area (Å²) in [6.45, 7) is 7.93. The van der Waals surface area contributed by atoms with E-state index in [4.69, 9.17) is 25.8 Å². The molecule has 0 N–H and O–H groups in total. The monoisotopic (exact) mass is 618 g/mol. The number of rotatable bonds is 12. The van der Waals surface area contributed by atoms with Crippen LogP contribution in [0.1, 0.15) is 60.3 Å². The van der Waals surface area contributed by atoms with Crippen LogP contribution in [0.15, 0.2) is 97.1 Å². The summed E-state index contributed by atoms with van der Waals surface area (Å²) in [5.41, 5.74) is 4.86. The van der Waals surface area contributed by atoms with E-state index in [1.807, 2.05) is 67.2 Å². The van der Waals surface area contributed by atoms with Gasteiger partial charge in [-0.25, -0.2) is 4.39 Å². The van der Waals surface area contributed by atoms with E-state index in [2.05, 4.69) is 50.2 Å². The molecule has 1 aliphatic heterocycles. The topological polar surface area (TPSA) is 27.7 Å². The van der Waals surface area contributed by atoms with Crippen molar-refractivity contribution in [2.75, 3.05) is 6.61 Å². The van der Waals surface area contributed by atoms with E-state index in [-0.39, 0.29) is 23.3 Å². The zero-order valence-electron chi connectivity index (χ0n) is 25.0. The van der Waals surface area contributed by atoms with Crippen molar-refractivity contribution < 1.29 is 18.6 Å². The summed E-state index contributed by atoms with van der Waals surface area (Å²) in [6.07, 6.45) is 1.11. The highest BCUT2D eigenvalue weighted by Crippen LogP contribution is 2.49. The molecular weight excluding hydrogens is 579 g/mol. The maximum Gasteiger partial charge on any atom is 0.130 e. The van der Waals surface area contributed by atoms with E-state index in [1.54, 1.807) is 6.07 Å². The first kappa shape index (κ1) is 31.6. The van der Waals surface area contributed by atoms with Gasteiger partial charge in [-0.15, -0.1) is 11.8 Å². The van der Waals surface area contributed by atoms with E-state index in [0.717, 1.165) is 28.7 Å². The van der Waals surface area contributed by atoms with Crippen LogP contribution in [0.25, 0.3) is 0 Å². The second-order valence-electron chi connectivity index (χ2n) is 11.1. The minimum atomic E-state index is -0.294. The predicted molar refractivity (Wildman–Crippen MR) is 175 cm³/mol. The molecule has 0 bridgehead atoms. The number of thioether (sulfide) groups is 1. The Morgan fingerprint density at radius 2 is 1.42 bits per heavy atom. The molecule has 1 heterocycles. The molecule has 0 radical (unpaired) electrons. The van der Waals surface area contributed by atoms with Gasteiger partial charge in [0.05, 0.1) is 31.2 Å². The maximum atomic E-state index is 15.0. The zero-order chi connectivity index (χ0) is 30.2. The summed E-state index contributed by atoms with van der Waals surface area (Å²) in [6, 6.07) is 31.8. The highest BCUT2D eigenvalue weighted by Gasteiger charge is 2.45. The summed E-state index contributed by atoms with van der Waals surface area (Å²) in [5, 5.41) is 1.04. The molecule has 4 aromatic rings. The molecule has 0 aromatic heterocycles. The van der Waals surface area contributed by atoms with Crippen LogP contribution in [0.2, 0.25) is 5.02 Å². The van der Waals surface area contributed by atoms with Gasteiger partial charge in [-0.2, -0.15) is 0 Å². The lowest BCUT2D eigenvalue weighted by Gasteiger charge is -2.45. The summed E-state index contributed by atoms with van der Waals surface area (Å²) in [5.74, 6) is 0.528. The molecule has 1 aliphatic rings. The third-order valence-electron chi connectivity index (χ3n) is 8.14. The minimum Gasteiger partial charge on any atom is -0.494 e. The van der Waals surface area contributed by atoms with Crippen LogP contribution < -0.4 is 4.74 Å². The quantitative estimate of drug-likeness (QED) is 0.158. The summed E-state index contributed by atoms with van der Waals surface area (Å²) < 4.78 is 34.0. The zero-order valence-corrected chi connectivity index (χ0v) is 26.6. The van der Waals surface area contributed by atoms with Crippen LogP contribution in [0.3, 0.4) is 0 Å². The van der Waals surface area contributed by atoms with Gasteiger partial charge < -0.3 is 14.2 Å². The number of benzene rings is 4. The van der Waals surface area contributed by atoms with Gasteiger partial charge in [-0.1, -0.05) is 104 Å². The highest BCUT2D eigenvalue weighted by molar-refractivity contribution is 8.00. The molecule has 43 heavy (non-hydrogen) atoms. The van der Waals surface area contributed by atoms with E-state index in [0.29, 0.717) is 53.7 Å². The van der Waals surface area contributed by atoms with Crippen LogP contribution in [-0.4, -0.2) is 24.1 Å². The minimum absolute atomic E-state index is 0.0202. The Bertz CT molecular complexity index is 1450. The van der Waals surface area contributed by atoms with Crippen molar-refractivity contribution in [1.82, 2.24) is 0 Å². The van der Waals surface area contributed by atoms with Gasteiger partial charge in [0.25, 0.3) is 0 Å². The number of hydrogen-bond donors (Lipinski definition) is 0. The molecular formula is C37H40ClFO3S. The van der Waals surface area contributed by atoms with Crippen molar-refractivity contribution in [1.29, 1.82) is 0 Å². The molecule has 3 nitrogen and oxygen atoms in total. The maximum absolute atomic E-state index is 15.0. The van der Waals surface area contributed by atoms with Gasteiger partial charge in [0.2, 0.25) is 0 Å². The average molecular weight is 619 g/mol. The molecule has 1 saturated heterocycles. The van der Waals surface area contributed by atoms with Gasteiger partial charge in [0.15, 0.2) is 0 Å². The van der Waals surface area contributed by atoms with Crippen LogP contribution in [0.5, 0.6) is 5.75 Å². The van der Waals surface area contributed by atoms with Gasteiger partial charge in [-0.3, -0.25) is 0 Å². The third kappa shape index (κ3) is 8.02. The number of hydrogen-bond acceptors (Lipinski definition) is 4. The Hall–Kier alpha value is -2.83. The standard InChI is InChI=1S/C37H40ClFO3S/c1-4-34-25(3)35(41-23-26-12-8-6-9-13-26)36(42-24-27-14-10-7-11-15-27)37(43-34)29-17-19-32(38)30(21-29)20-28-16-18-31(40-5-2)22-33(28)39/h6-19,21-22,25,34-37H,4-5,20,23-24H2,1-3H3/t25-,34-,35+,36-,37+/m1/s1. The summed E-state index contributed by atoms with van der Waals surface area (Å²) in [4.78, 5) is 0. The fourth-order valence-electron chi connectivity index (χ4n) is 5.81. The SMILES string of the molecule is CCOc1ccc(Cc2cc([C@@H]3S[C@H](CC)[C@@H](C)[C@H](OCc4ccccc4)[C@H]3OCc3ccccc3)ccc2Cl)c(F)c1. The van der Waals surface area contributed by atoms with Crippen LogP contribution in [0, 0.1) is 11.7 Å². The van der Waals surface area contributed by atoms with Gasteiger partial charge >= 0.3 is 0 Å². The normalized spacial score (nSPS) is 21.9. The Morgan fingerprint density at radius 3 is 2.02 bits per heavy atom. The summed E-state index contributed by atoms with van der Waals surface area (Å²) in [7, 11) is 0. The predicted octanol–water partition coefficient (Wildman–Crippen LogP) is 9.84. The van der Waals surface area contributed by atoms with E-state index in [1.165, 1.54) is 6.07 Å². The molecule has 4 aromatic carbocycles. The second kappa shape index (κ2) is 15.3. The van der Waals surface area contributed by atoms with E-state index < -0.39 is 0 Å². The molecule has 5 atom stereocenters. The van der Waals surface area contributed by atoms with Crippen LogP contribution >= 0.6 is 23.4 Å². The lowest BCUT2D eigenvalue weighted by Crippen LogP contribution is -2.48. The molecule has 5 rings (SSSR count). The molecule has 226 valence electrons. The van der Waals surface area contributed by atoms with Gasteiger partial charge in [0, 0.05) is 22.8 Å². The van der Waals surface area contributed by atoms with E-state index >= 15 is 4.39 Å². The van der Waals surface area contributed by atoms with Crippen molar-refractivity contribution >= 4 is 23.4 Å². The Kier molecular flexibility index (Phi) is 11.2. The second-order valence-corrected chi connectivity index (χ2v) is 12.9. The Morgan fingerprint density at radius 1 is 0.767 bits per heavy atom. The molecule has 1 fully saturated rings. The van der Waals surface area contributed by atoms with Crippen LogP contribution in [0.4, 0.5) is 4.39 Å². The van der Waals surface area contributed by atoms with E-state index in [9.17, 15) is 0 Å². The van der Waals surface area contributed by atoms with Crippen molar-refractivity contribution in [2.24, 2.45) is 5.92 Å². The summed E-state index contributed by atoms with van der Waals surface area (Å²) >= 11 is 8.67. The first-order chi connectivity index (χ1) is 21.0. The molecule has 0 amide bonds. The molecule has 6 heteroatoms. The molecule has 0 unspecified atom stereocenters. The average Bonchev–Trinajstić information content (AvgIpc) is 3.03. The number of halogens is 2. The fraction of sp³-hybridized carbons (Fsp3) is 0.351. The fourth-order valence-corrected chi connectivity index (χ4v) is 7.66. The van der Waals surface area contributed by atoms with Gasteiger partial charge in [-0.05, 0) is 59.2 Å². The molecule has 0 spiro atoms. The number of ether oxygens (including phenoxy) is 3. The van der Waals surface area contributed by atoms with Crippen molar-refractivity contribution in [3.05, 3.63) is 136 Å². The van der Waals surface area contributed by atoms with Gasteiger partial charge in [0.1, 0.15) is 17.7 Å². The molecule has 0 aliphatic carbocycles. The first-order valence-corrected chi connectivity index (χ1v) is 16.4. The Balaban J connectivity index is 1.46. The van der Waals surface area contributed by atoms with Crippen molar-refractivity contribution in [3.8, 4) is 5.75 Å². The van der Waals surface area contributed by atoms with Crippen molar-refractivity contribution in [2.45, 2.75) is 69.5 Å². The lowest BCUT2D eigenvalue weighted by molar-refractivity contribution is -0.112.